The second-order valence-corrected chi connectivity index (χ2v) is 10.3. The maximum Gasteiger partial charge on any atom is 1.00 e. The van der Waals surface area contributed by atoms with Crippen molar-refractivity contribution in [2.75, 3.05) is 0 Å². The third kappa shape index (κ3) is 6.23. The molecule has 0 saturated carbocycles. The molecule has 0 amide bonds. The summed E-state index contributed by atoms with van der Waals surface area (Å²) < 4.78 is 70.9. The maximum absolute atomic E-state index is 12.0. The van der Waals surface area contributed by atoms with E-state index in [0.717, 1.165) is 10.4 Å². The molecule has 0 radical (unpaired) electrons. The van der Waals surface area contributed by atoms with Crippen LogP contribution in [0.5, 0.6) is 0 Å². The molecule has 0 saturated heterocycles. The van der Waals surface area contributed by atoms with Crippen molar-refractivity contribution in [3.05, 3.63) is 90.0 Å². The molecule has 9 nitrogen and oxygen atoms in total. The molecular weight excluding hydrogens is 536 g/mol. The number of hydrogen-bond acceptors (Lipinski definition) is 8. The molecule has 0 unspecified atom stereocenters. The first-order valence-electron chi connectivity index (χ1n) is 10.2. The van der Waals surface area contributed by atoms with Gasteiger partial charge in [0.25, 0.3) is 0 Å². The topological polar surface area (TPSA) is 145 Å². The van der Waals surface area contributed by atoms with E-state index in [1.807, 2.05) is 30.3 Å². The Morgan fingerprint density at radius 3 is 2.05 bits per heavy atom. The minimum absolute atomic E-state index is 0. The minimum Gasteiger partial charge on any atom is -0.744 e. The van der Waals surface area contributed by atoms with Crippen LogP contribution < -0.4 is 59.1 Å². The van der Waals surface area contributed by atoms with Crippen molar-refractivity contribution in [3.63, 3.8) is 0 Å². The van der Waals surface area contributed by atoms with Crippen LogP contribution in [0.15, 0.2) is 88.7 Å². The van der Waals surface area contributed by atoms with Gasteiger partial charge in [0, 0.05) is 10.8 Å². The van der Waals surface area contributed by atoms with E-state index >= 15 is 0 Å². The fourth-order valence-electron chi connectivity index (χ4n) is 3.79. The molecule has 37 heavy (non-hydrogen) atoms. The first-order chi connectivity index (χ1) is 16.6. The smallest absolute Gasteiger partial charge is 0.744 e. The van der Waals surface area contributed by atoms with E-state index in [1.165, 1.54) is 42.5 Å². The zero-order chi connectivity index (χ0) is 24.8. The average molecular weight is 552 g/mol. The molecule has 0 aliphatic heterocycles. The predicted molar refractivity (Wildman–Crippen MR) is 128 cm³/mol. The van der Waals surface area contributed by atoms with Gasteiger partial charge in [0.15, 0.2) is 0 Å². The first-order valence-corrected chi connectivity index (χ1v) is 13.0. The van der Waals surface area contributed by atoms with Crippen LogP contribution in [0.3, 0.4) is 0 Å². The molecule has 1 heterocycles. The number of fused-ring (bicyclic) bond motifs is 3. The molecular formula is C24H15N3Na2O6S2. The van der Waals surface area contributed by atoms with Gasteiger partial charge in [0.2, 0.25) is 0 Å². The third-order valence-corrected chi connectivity index (χ3v) is 7.18. The summed E-state index contributed by atoms with van der Waals surface area (Å²) in [4.78, 5) is 0.343. The van der Waals surface area contributed by atoms with Crippen molar-refractivity contribution in [1.29, 1.82) is 0 Å². The predicted octanol–water partition coefficient (Wildman–Crippen LogP) is -2.44. The fourth-order valence-corrected chi connectivity index (χ4v) is 5.17. The molecule has 0 fully saturated rings. The Balaban J connectivity index is 0.00000190. The summed E-state index contributed by atoms with van der Waals surface area (Å²) in [7, 11) is -9.54. The average Bonchev–Trinajstić information content (AvgIpc) is 3.27. The van der Waals surface area contributed by atoms with Gasteiger partial charge in [-0.1, -0.05) is 66.7 Å². The summed E-state index contributed by atoms with van der Waals surface area (Å²) in [5.41, 5.74) is 1.95. The van der Waals surface area contributed by atoms with Crippen molar-refractivity contribution < 1.29 is 85.1 Å². The van der Waals surface area contributed by atoms with Crippen LogP contribution in [-0.4, -0.2) is 40.9 Å². The van der Waals surface area contributed by atoms with Crippen LogP contribution in [0, 0.1) is 0 Å². The van der Waals surface area contributed by atoms with Gasteiger partial charge >= 0.3 is 59.1 Å². The second kappa shape index (κ2) is 11.5. The van der Waals surface area contributed by atoms with Gasteiger partial charge in [-0.3, -0.25) is 0 Å². The summed E-state index contributed by atoms with van der Waals surface area (Å²) >= 11 is 0. The van der Waals surface area contributed by atoms with Gasteiger partial charge < -0.3 is 9.11 Å². The Bertz CT molecular complexity index is 1860. The summed E-state index contributed by atoms with van der Waals surface area (Å²) in [6, 6.07) is 20.7. The zero-order valence-corrected chi connectivity index (χ0v) is 25.4. The molecule has 0 spiro atoms. The van der Waals surface area contributed by atoms with Gasteiger partial charge in [-0.25, -0.2) is 16.8 Å². The van der Waals surface area contributed by atoms with E-state index in [1.54, 1.807) is 18.2 Å². The summed E-state index contributed by atoms with van der Waals surface area (Å²) in [6.07, 6.45) is 3.23. The number of aromatic nitrogens is 3. The van der Waals surface area contributed by atoms with Crippen LogP contribution >= 0.6 is 0 Å². The summed E-state index contributed by atoms with van der Waals surface area (Å²) in [5, 5.41) is 9.30. The summed E-state index contributed by atoms with van der Waals surface area (Å²) in [5.74, 6) is 0. The van der Waals surface area contributed by atoms with E-state index in [0.29, 0.717) is 16.4 Å². The third-order valence-electron chi connectivity index (χ3n) is 5.39. The number of rotatable bonds is 5. The molecule has 0 atom stereocenters. The van der Waals surface area contributed by atoms with E-state index in [9.17, 15) is 25.9 Å². The quantitative estimate of drug-likeness (QED) is 0.133. The Hall–Kier alpha value is -1.90. The van der Waals surface area contributed by atoms with Crippen molar-refractivity contribution >= 4 is 54.2 Å². The van der Waals surface area contributed by atoms with Crippen molar-refractivity contribution in [1.82, 2.24) is 15.0 Å². The molecule has 13 heteroatoms. The van der Waals surface area contributed by atoms with Gasteiger partial charge in [-0.15, -0.1) is 10.2 Å². The molecule has 0 aliphatic rings. The Labute approximate surface area is 257 Å². The van der Waals surface area contributed by atoms with E-state index in [2.05, 4.69) is 10.2 Å². The molecule has 1 aromatic heterocycles. The fraction of sp³-hybridized carbons (Fsp3) is 0. The van der Waals surface area contributed by atoms with Gasteiger partial charge in [0.1, 0.15) is 31.3 Å². The Morgan fingerprint density at radius 1 is 0.676 bits per heavy atom. The van der Waals surface area contributed by atoms with E-state index in [-0.39, 0.29) is 80.6 Å². The molecule has 0 aliphatic carbocycles. The van der Waals surface area contributed by atoms with Crippen LogP contribution in [0.1, 0.15) is 11.1 Å². The van der Waals surface area contributed by atoms with Gasteiger partial charge in [-0.2, -0.15) is 4.80 Å². The molecule has 4 aromatic carbocycles. The molecule has 176 valence electrons. The number of nitrogens with zero attached hydrogens (tertiary/aromatic N) is 3. The monoisotopic (exact) mass is 551 g/mol. The van der Waals surface area contributed by atoms with Crippen molar-refractivity contribution in [2.45, 2.75) is 9.79 Å². The Morgan fingerprint density at radius 2 is 1.38 bits per heavy atom. The van der Waals surface area contributed by atoms with Gasteiger partial charge in [-0.05, 0) is 35.4 Å². The minimum atomic E-state index is -4.83. The van der Waals surface area contributed by atoms with Crippen LogP contribution in [-0.2, 0) is 20.2 Å². The molecule has 5 aromatic rings. The zero-order valence-electron chi connectivity index (χ0n) is 19.8. The summed E-state index contributed by atoms with van der Waals surface area (Å²) in [6.45, 7) is 0. The maximum atomic E-state index is 12.0. The molecule has 5 rings (SSSR count). The Kier molecular flexibility index (Phi) is 9.18. The van der Waals surface area contributed by atoms with Crippen LogP contribution in [0.2, 0.25) is 0 Å². The number of hydrogen-bond donors (Lipinski definition) is 0. The number of benzene rings is 4. The van der Waals surface area contributed by atoms with Crippen LogP contribution in [0.4, 0.5) is 0 Å². The van der Waals surface area contributed by atoms with Crippen molar-refractivity contribution in [2.24, 2.45) is 0 Å². The van der Waals surface area contributed by atoms with E-state index in [4.69, 9.17) is 0 Å². The SMILES string of the molecule is O=S(=O)([O-])c1cc(-n2nc3ccc4c(S(=O)(=O)[O-])cccc4c3n2)ccc1C=Cc1ccccc1.[Na+].[Na+]. The molecule has 0 bridgehead atoms. The normalized spacial score (nSPS) is 11.9. The van der Waals surface area contributed by atoms with E-state index < -0.39 is 25.1 Å². The first kappa shape index (κ1) is 29.7. The second-order valence-electron chi connectivity index (χ2n) is 7.65. The van der Waals surface area contributed by atoms with Crippen LogP contribution in [0.25, 0.3) is 39.6 Å². The standard InChI is InChI=1S/C24H17N3O6S2.2Na/c28-34(29,30)22-8-4-7-20-19(22)13-14-21-24(20)26-27(25-21)18-12-11-17(23(15-18)35(31,32)33)10-9-16-5-2-1-3-6-16;;/h1-15H,(H,28,29,30)(H,31,32,33);;/q;2*+1/p-2. The molecule has 0 N–H and O–H groups in total. The van der Waals surface area contributed by atoms with Crippen molar-refractivity contribution in [3.8, 4) is 5.69 Å². The van der Waals surface area contributed by atoms with Gasteiger partial charge in [0.05, 0.1) is 15.5 Å². The largest absolute Gasteiger partial charge is 1.00 e.